The maximum Gasteiger partial charge on any atom is 0.0794 e. The third-order valence-corrected chi connectivity index (χ3v) is 1.03. The van der Waals surface area contributed by atoms with Gasteiger partial charge in [0.1, 0.15) is 0 Å². The van der Waals surface area contributed by atoms with Crippen molar-refractivity contribution in [3.05, 3.63) is 36.6 Å². The van der Waals surface area contributed by atoms with Gasteiger partial charge >= 0.3 is 0 Å². The van der Waals surface area contributed by atoms with Gasteiger partial charge in [-0.25, -0.2) is 0 Å². The Balaban J connectivity index is 3.96. The van der Waals surface area contributed by atoms with E-state index in [9.17, 15) is 0 Å². The van der Waals surface area contributed by atoms with Crippen LogP contribution in [0.25, 0.3) is 0 Å². The zero-order valence-electron chi connectivity index (χ0n) is 5.67. The topological polar surface area (TPSA) is 20.2 Å². The minimum Gasteiger partial charge on any atom is -0.516 e. The minimum atomic E-state index is 0.920. The lowest BCUT2D eigenvalue weighted by Gasteiger charge is -1.90. The molecular formula is C8H12O. The van der Waals surface area contributed by atoms with Gasteiger partial charge in [0.15, 0.2) is 0 Å². The van der Waals surface area contributed by atoms with E-state index in [-0.39, 0.29) is 0 Å². The van der Waals surface area contributed by atoms with E-state index in [0.717, 1.165) is 18.3 Å². The van der Waals surface area contributed by atoms with E-state index in [0.29, 0.717) is 0 Å². The number of aliphatic hydroxyl groups is 1. The van der Waals surface area contributed by atoms with Crippen molar-refractivity contribution in [1.82, 2.24) is 0 Å². The zero-order valence-corrected chi connectivity index (χ0v) is 5.67. The Morgan fingerprint density at radius 2 is 2.33 bits per heavy atom. The highest BCUT2D eigenvalue weighted by Gasteiger charge is 1.81. The zero-order chi connectivity index (χ0) is 7.11. The maximum atomic E-state index is 8.34. The standard InChI is InChI=1S/C8H12O/c1-3-5-8(4-2)6-7-9/h3,5-7,9H,1,4H2,2H3/b7-6-,8-5-. The summed E-state index contributed by atoms with van der Waals surface area (Å²) in [6.45, 7) is 5.56. The second-order valence-corrected chi connectivity index (χ2v) is 1.65. The second-order valence-electron chi connectivity index (χ2n) is 1.65. The molecule has 0 radical (unpaired) electrons. The largest absolute Gasteiger partial charge is 0.516 e. The van der Waals surface area contributed by atoms with Gasteiger partial charge in [-0.3, -0.25) is 0 Å². The Morgan fingerprint density at radius 1 is 1.67 bits per heavy atom. The Labute approximate surface area is 56.0 Å². The summed E-state index contributed by atoms with van der Waals surface area (Å²) >= 11 is 0. The first-order chi connectivity index (χ1) is 4.35. The summed E-state index contributed by atoms with van der Waals surface area (Å²) in [6.07, 6.45) is 7.19. The van der Waals surface area contributed by atoms with Crippen LogP contribution in [-0.4, -0.2) is 5.11 Å². The first kappa shape index (κ1) is 8.02. The molecule has 0 spiro atoms. The lowest BCUT2D eigenvalue weighted by molar-refractivity contribution is 0.473. The molecule has 1 N–H and O–H groups in total. The van der Waals surface area contributed by atoms with Crippen molar-refractivity contribution < 1.29 is 5.11 Å². The van der Waals surface area contributed by atoms with Gasteiger partial charge < -0.3 is 5.11 Å². The predicted molar refractivity (Wildman–Crippen MR) is 40.3 cm³/mol. The molecule has 0 fully saturated rings. The molecule has 0 saturated carbocycles. The molecule has 0 bridgehead atoms. The van der Waals surface area contributed by atoms with Crippen LogP contribution < -0.4 is 0 Å². The summed E-state index contributed by atoms with van der Waals surface area (Å²) in [4.78, 5) is 0. The Bertz CT molecular complexity index is 132. The summed E-state index contributed by atoms with van der Waals surface area (Å²) in [5, 5.41) is 8.34. The van der Waals surface area contributed by atoms with Crippen molar-refractivity contribution in [1.29, 1.82) is 0 Å². The summed E-state index contributed by atoms with van der Waals surface area (Å²) < 4.78 is 0. The molecule has 0 rings (SSSR count). The highest BCUT2D eigenvalue weighted by molar-refractivity contribution is 5.20. The first-order valence-corrected chi connectivity index (χ1v) is 2.97. The summed E-state index contributed by atoms with van der Waals surface area (Å²) in [5.41, 5.74) is 1.08. The van der Waals surface area contributed by atoms with Crippen LogP contribution in [0.1, 0.15) is 13.3 Å². The molecule has 0 aliphatic carbocycles. The molecule has 0 saturated heterocycles. The lowest BCUT2D eigenvalue weighted by atomic mass is 10.2. The van der Waals surface area contributed by atoms with E-state index in [1.54, 1.807) is 12.2 Å². The summed E-state index contributed by atoms with van der Waals surface area (Å²) in [5.74, 6) is 0. The molecule has 9 heavy (non-hydrogen) atoms. The van der Waals surface area contributed by atoms with Crippen LogP contribution in [0.2, 0.25) is 0 Å². The van der Waals surface area contributed by atoms with Crippen molar-refractivity contribution in [3.63, 3.8) is 0 Å². The van der Waals surface area contributed by atoms with Crippen molar-refractivity contribution in [3.8, 4) is 0 Å². The molecule has 0 aliphatic heterocycles. The number of aliphatic hydroxyl groups excluding tert-OH is 1. The van der Waals surface area contributed by atoms with E-state index in [1.807, 2.05) is 13.0 Å². The van der Waals surface area contributed by atoms with Gasteiger partial charge in [-0.2, -0.15) is 0 Å². The van der Waals surface area contributed by atoms with Crippen LogP contribution in [0.4, 0.5) is 0 Å². The Morgan fingerprint density at radius 3 is 2.67 bits per heavy atom. The van der Waals surface area contributed by atoms with Gasteiger partial charge in [-0.05, 0) is 18.1 Å². The molecule has 0 atom stereocenters. The van der Waals surface area contributed by atoms with Crippen LogP contribution in [0, 0.1) is 0 Å². The van der Waals surface area contributed by atoms with Crippen LogP contribution in [-0.2, 0) is 0 Å². The number of hydrogen-bond acceptors (Lipinski definition) is 1. The molecule has 0 aromatic heterocycles. The highest BCUT2D eigenvalue weighted by Crippen LogP contribution is 2.00. The van der Waals surface area contributed by atoms with Crippen molar-refractivity contribution in [2.75, 3.05) is 0 Å². The molecule has 1 nitrogen and oxygen atoms in total. The second kappa shape index (κ2) is 5.16. The molecule has 0 aliphatic rings. The first-order valence-electron chi connectivity index (χ1n) is 2.97. The van der Waals surface area contributed by atoms with Crippen LogP contribution in [0.15, 0.2) is 36.6 Å². The molecule has 0 aromatic carbocycles. The Kier molecular flexibility index (Phi) is 4.60. The fourth-order valence-electron chi connectivity index (χ4n) is 0.538. The van der Waals surface area contributed by atoms with E-state index in [2.05, 4.69) is 6.58 Å². The van der Waals surface area contributed by atoms with Crippen LogP contribution >= 0.6 is 0 Å². The third-order valence-electron chi connectivity index (χ3n) is 1.03. The van der Waals surface area contributed by atoms with Gasteiger partial charge in [-0.15, -0.1) is 0 Å². The Hall–Kier alpha value is -0.980. The monoisotopic (exact) mass is 124 g/mol. The normalized spacial score (nSPS) is 12.3. The van der Waals surface area contributed by atoms with Gasteiger partial charge in [0, 0.05) is 0 Å². The fraction of sp³-hybridized carbons (Fsp3) is 0.250. The highest BCUT2D eigenvalue weighted by atomic mass is 16.2. The van der Waals surface area contributed by atoms with Crippen molar-refractivity contribution >= 4 is 0 Å². The van der Waals surface area contributed by atoms with Gasteiger partial charge in [0.25, 0.3) is 0 Å². The average molecular weight is 124 g/mol. The average Bonchev–Trinajstić information content (AvgIpc) is 1.88. The molecule has 0 unspecified atom stereocenters. The smallest absolute Gasteiger partial charge is 0.0794 e. The van der Waals surface area contributed by atoms with Crippen molar-refractivity contribution in [2.45, 2.75) is 13.3 Å². The third kappa shape index (κ3) is 3.59. The summed E-state index contributed by atoms with van der Waals surface area (Å²) in [6, 6.07) is 0. The van der Waals surface area contributed by atoms with Gasteiger partial charge in [0.05, 0.1) is 6.26 Å². The quantitative estimate of drug-likeness (QED) is 0.453. The SMILES string of the molecule is C=C/C=C(\C=C/O)CC. The summed E-state index contributed by atoms with van der Waals surface area (Å²) in [7, 11) is 0. The molecule has 50 valence electrons. The maximum absolute atomic E-state index is 8.34. The number of hydrogen-bond donors (Lipinski definition) is 1. The van der Waals surface area contributed by atoms with Crippen molar-refractivity contribution in [2.24, 2.45) is 0 Å². The molecular weight excluding hydrogens is 112 g/mol. The molecule has 0 heterocycles. The minimum absolute atomic E-state index is 0.920. The van der Waals surface area contributed by atoms with Gasteiger partial charge in [-0.1, -0.05) is 25.7 Å². The van der Waals surface area contributed by atoms with E-state index in [1.165, 1.54) is 0 Å². The molecule has 0 aromatic rings. The fourth-order valence-corrected chi connectivity index (χ4v) is 0.538. The number of rotatable bonds is 3. The van der Waals surface area contributed by atoms with Crippen LogP contribution in [0.5, 0.6) is 0 Å². The van der Waals surface area contributed by atoms with Crippen LogP contribution in [0.3, 0.4) is 0 Å². The lowest BCUT2D eigenvalue weighted by Crippen LogP contribution is -1.71. The van der Waals surface area contributed by atoms with E-state index < -0.39 is 0 Å². The molecule has 1 heteroatoms. The predicted octanol–water partition coefficient (Wildman–Crippen LogP) is 2.58. The number of allylic oxidation sites excluding steroid dienone is 4. The van der Waals surface area contributed by atoms with Gasteiger partial charge in [0.2, 0.25) is 0 Å². The van der Waals surface area contributed by atoms with E-state index in [4.69, 9.17) is 5.11 Å². The van der Waals surface area contributed by atoms with E-state index >= 15 is 0 Å². The molecule has 0 amide bonds.